The van der Waals surface area contributed by atoms with Gasteiger partial charge in [0.2, 0.25) is 0 Å². The minimum absolute atomic E-state index is 0.673. The zero-order chi connectivity index (χ0) is 12.3. The Labute approximate surface area is 103 Å². The molecule has 1 aliphatic heterocycles. The number of pyridine rings is 1. The molecule has 4 nitrogen and oxygen atoms in total. The summed E-state index contributed by atoms with van der Waals surface area (Å²) in [5.74, 6) is 0. The molecule has 1 fully saturated rings. The lowest BCUT2D eigenvalue weighted by molar-refractivity contribution is 0.270. The fourth-order valence-corrected chi connectivity index (χ4v) is 2.59. The van der Waals surface area contributed by atoms with E-state index in [9.17, 15) is 0 Å². The summed E-state index contributed by atoms with van der Waals surface area (Å²) in [6.07, 6.45) is 6.18. The van der Waals surface area contributed by atoms with E-state index < -0.39 is 0 Å². The molecule has 0 amide bonds. The average Bonchev–Trinajstić information content (AvgIpc) is 2.76. The maximum Gasteiger partial charge on any atom is 0.0571 e. The van der Waals surface area contributed by atoms with E-state index >= 15 is 0 Å². The van der Waals surface area contributed by atoms with Gasteiger partial charge in [-0.05, 0) is 32.0 Å². The van der Waals surface area contributed by atoms with Crippen molar-refractivity contribution in [3.63, 3.8) is 0 Å². The van der Waals surface area contributed by atoms with Crippen LogP contribution in [-0.2, 0) is 0 Å². The van der Waals surface area contributed by atoms with E-state index in [1.807, 2.05) is 12.3 Å². The molecule has 0 saturated carbocycles. The highest BCUT2D eigenvalue weighted by Crippen LogP contribution is 2.20. The molecule has 2 heterocycles. The monoisotopic (exact) mass is 234 g/mol. The van der Waals surface area contributed by atoms with Crippen LogP contribution in [0.25, 0.3) is 0 Å². The first-order valence-corrected chi connectivity index (χ1v) is 6.36. The van der Waals surface area contributed by atoms with Crippen molar-refractivity contribution in [3.05, 3.63) is 18.5 Å². The lowest BCUT2D eigenvalue weighted by Crippen LogP contribution is -2.38. The van der Waals surface area contributed by atoms with Gasteiger partial charge in [-0.25, -0.2) is 0 Å². The fourth-order valence-electron chi connectivity index (χ4n) is 2.59. The summed E-state index contributed by atoms with van der Waals surface area (Å²) >= 11 is 0. The van der Waals surface area contributed by atoms with E-state index in [4.69, 9.17) is 5.73 Å². The maximum absolute atomic E-state index is 5.76. The van der Waals surface area contributed by atoms with E-state index in [0.717, 1.165) is 24.5 Å². The quantitative estimate of drug-likeness (QED) is 0.859. The molecule has 2 N–H and O–H groups in total. The smallest absolute Gasteiger partial charge is 0.0571 e. The number of likely N-dealkylation sites (tertiary alicyclic amines) is 1. The Morgan fingerprint density at radius 3 is 3.06 bits per heavy atom. The van der Waals surface area contributed by atoms with Gasteiger partial charge in [-0.3, -0.25) is 9.88 Å². The van der Waals surface area contributed by atoms with Gasteiger partial charge in [0.25, 0.3) is 0 Å². The second-order valence-electron chi connectivity index (χ2n) is 4.78. The molecule has 1 aliphatic rings. The average molecular weight is 234 g/mol. The Kier molecular flexibility index (Phi) is 3.84. The van der Waals surface area contributed by atoms with Crippen LogP contribution in [0.1, 0.15) is 19.8 Å². The molecule has 1 aromatic rings. The zero-order valence-corrected chi connectivity index (χ0v) is 10.8. The van der Waals surface area contributed by atoms with E-state index in [2.05, 4.69) is 28.8 Å². The van der Waals surface area contributed by atoms with E-state index in [1.165, 1.54) is 19.4 Å². The van der Waals surface area contributed by atoms with Gasteiger partial charge in [-0.1, -0.05) is 6.92 Å². The summed E-state index contributed by atoms with van der Waals surface area (Å²) < 4.78 is 0. The highest BCUT2D eigenvalue weighted by molar-refractivity contribution is 5.52. The van der Waals surface area contributed by atoms with Gasteiger partial charge in [0.05, 0.1) is 17.6 Å². The molecule has 1 atom stereocenters. The van der Waals surface area contributed by atoms with Gasteiger partial charge >= 0.3 is 0 Å². The number of hydrogen-bond donors (Lipinski definition) is 1. The minimum atomic E-state index is 0.673. The number of nitrogens with zero attached hydrogens (tertiary/aromatic N) is 3. The van der Waals surface area contributed by atoms with Crippen LogP contribution in [0.15, 0.2) is 18.5 Å². The van der Waals surface area contributed by atoms with Crippen LogP contribution in [0.4, 0.5) is 11.4 Å². The van der Waals surface area contributed by atoms with Crippen molar-refractivity contribution in [2.24, 2.45) is 0 Å². The summed E-state index contributed by atoms with van der Waals surface area (Å²) in [6, 6.07) is 2.66. The summed E-state index contributed by atoms with van der Waals surface area (Å²) in [5.41, 5.74) is 7.59. The molecule has 94 valence electrons. The second kappa shape index (κ2) is 5.36. The topological polar surface area (TPSA) is 45.4 Å². The third-order valence-corrected chi connectivity index (χ3v) is 3.58. The molecule has 0 aliphatic carbocycles. The predicted molar refractivity (Wildman–Crippen MR) is 72.2 cm³/mol. The largest absolute Gasteiger partial charge is 0.397 e. The molecule has 0 bridgehead atoms. The number of rotatable bonds is 4. The third kappa shape index (κ3) is 2.88. The van der Waals surface area contributed by atoms with Crippen LogP contribution in [0.3, 0.4) is 0 Å². The SMILES string of the molecule is CCN1CCCC1CN(C)c1cncc(N)c1. The molecule has 1 unspecified atom stereocenters. The lowest BCUT2D eigenvalue weighted by atomic mass is 10.2. The molecule has 0 aromatic carbocycles. The Morgan fingerprint density at radius 2 is 2.35 bits per heavy atom. The molecule has 0 spiro atoms. The first-order chi connectivity index (χ1) is 8.20. The standard InChI is InChI=1S/C13H22N4/c1-3-17-6-4-5-12(17)10-16(2)13-7-11(14)8-15-9-13/h7-9,12H,3-6,10,14H2,1-2H3. The number of anilines is 2. The van der Waals surface area contributed by atoms with E-state index in [0.29, 0.717) is 6.04 Å². The van der Waals surface area contributed by atoms with Crippen molar-refractivity contribution < 1.29 is 0 Å². The second-order valence-corrected chi connectivity index (χ2v) is 4.78. The van der Waals surface area contributed by atoms with Gasteiger partial charge < -0.3 is 10.6 Å². The summed E-state index contributed by atoms with van der Waals surface area (Å²) in [4.78, 5) is 8.94. The van der Waals surface area contributed by atoms with Gasteiger partial charge in [-0.2, -0.15) is 0 Å². The normalized spacial score (nSPS) is 20.7. The van der Waals surface area contributed by atoms with Crippen LogP contribution in [-0.4, -0.2) is 42.6 Å². The first-order valence-electron chi connectivity index (χ1n) is 6.36. The Bertz CT molecular complexity index is 366. The molecular weight excluding hydrogens is 212 g/mol. The summed E-state index contributed by atoms with van der Waals surface area (Å²) in [5, 5.41) is 0. The molecular formula is C13H22N4. The van der Waals surface area contributed by atoms with Crippen molar-refractivity contribution in [3.8, 4) is 0 Å². The van der Waals surface area contributed by atoms with Crippen LogP contribution in [0.2, 0.25) is 0 Å². The number of nitrogens with two attached hydrogens (primary N) is 1. The van der Waals surface area contributed by atoms with Gasteiger partial charge in [-0.15, -0.1) is 0 Å². The fraction of sp³-hybridized carbons (Fsp3) is 0.615. The molecule has 4 heteroatoms. The van der Waals surface area contributed by atoms with Gasteiger partial charge in [0, 0.05) is 25.8 Å². The molecule has 1 saturated heterocycles. The number of hydrogen-bond acceptors (Lipinski definition) is 4. The van der Waals surface area contributed by atoms with Gasteiger partial charge in [0.15, 0.2) is 0 Å². The highest BCUT2D eigenvalue weighted by atomic mass is 15.2. The molecule has 1 aromatic heterocycles. The van der Waals surface area contributed by atoms with Crippen molar-refractivity contribution in [1.82, 2.24) is 9.88 Å². The number of likely N-dealkylation sites (N-methyl/N-ethyl adjacent to an activating group) is 2. The molecule has 2 rings (SSSR count). The third-order valence-electron chi connectivity index (χ3n) is 3.58. The highest BCUT2D eigenvalue weighted by Gasteiger charge is 2.24. The molecule has 17 heavy (non-hydrogen) atoms. The van der Waals surface area contributed by atoms with Gasteiger partial charge in [0.1, 0.15) is 0 Å². The predicted octanol–water partition coefficient (Wildman–Crippen LogP) is 1.58. The Balaban J connectivity index is 1.99. The maximum atomic E-state index is 5.76. The first kappa shape index (κ1) is 12.2. The summed E-state index contributed by atoms with van der Waals surface area (Å²) in [6.45, 7) is 5.68. The minimum Gasteiger partial charge on any atom is -0.397 e. The zero-order valence-electron chi connectivity index (χ0n) is 10.8. The van der Waals surface area contributed by atoms with Crippen LogP contribution >= 0.6 is 0 Å². The number of aromatic nitrogens is 1. The summed E-state index contributed by atoms with van der Waals surface area (Å²) in [7, 11) is 2.11. The van der Waals surface area contributed by atoms with Crippen molar-refractivity contribution in [2.75, 3.05) is 37.3 Å². The van der Waals surface area contributed by atoms with Crippen LogP contribution in [0.5, 0.6) is 0 Å². The van der Waals surface area contributed by atoms with Crippen LogP contribution < -0.4 is 10.6 Å². The Morgan fingerprint density at radius 1 is 1.53 bits per heavy atom. The van der Waals surface area contributed by atoms with E-state index in [-0.39, 0.29) is 0 Å². The van der Waals surface area contributed by atoms with Crippen molar-refractivity contribution in [2.45, 2.75) is 25.8 Å². The van der Waals surface area contributed by atoms with Crippen LogP contribution in [0, 0.1) is 0 Å². The molecule has 0 radical (unpaired) electrons. The van der Waals surface area contributed by atoms with Crippen molar-refractivity contribution in [1.29, 1.82) is 0 Å². The Hall–Kier alpha value is -1.29. The van der Waals surface area contributed by atoms with Crippen molar-refractivity contribution >= 4 is 11.4 Å². The lowest BCUT2D eigenvalue weighted by Gasteiger charge is -2.28. The van der Waals surface area contributed by atoms with E-state index in [1.54, 1.807) is 6.20 Å². The number of nitrogen functional groups attached to an aromatic ring is 1.